The average Bonchev–Trinajstić information content (AvgIpc) is 3.38. The Bertz CT molecular complexity index is 953. The van der Waals surface area contributed by atoms with Crippen molar-refractivity contribution in [2.24, 2.45) is 5.92 Å². The second-order valence-electron chi connectivity index (χ2n) is 9.32. The molecule has 1 aliphatic rings. The Labute approximate surface area is 224 Å². The van der Waals surface area contributed by atoms with Crippen LogP contribution in [0.3, 0.4) is 0 Å². The maximum absolute atomic E-state index is 13.3. The van der Waals surface area contributed by atoms with Crippen LogP contribution in [0.5, 0.6) is 0 Å². The van der Waals surface area contributed by atoms with Gasteiger partial charge in [0, 0.05) is 19.0 Å². The molecular weight excluding hydrogens is 490 g/mol. The number of amides is 3. The molecule has 0 aliphatic carbocycles. The lowest BCUT2D eigenvalue weighted by Crippen LogP contribution is -2.46. The van der Waals surface area contributed by atoms with Gasteiger partial charge in [-0.05, 0) is 38.2 Å². The predicted molar refractivity (Wildman–Crippen MR) is 142 cm³/mol. The maximum atomic E-state index is 13.3. The number of hydrogen-bond acceptors (Lipinski definition) is 7. The maximum Gasteiger partial charge on any atom is 0.408 e. The van der Waals surface area contributed by atoms with Crippen molar-refractivity contribution in [3.8, 4) is 0 Å². The molecule has 2 rings (SSSR count). The van der Waals surface area contributed by atoms with E-state index in [0.29, 0.717) is 19.4 Å². The fourth-order valence-electron chi connectivity index (χ4n) is 4.18. The van der Waals surface area contributed by atoms with Gasteiger partial charge < -0.3 is 30.1 Å². The van der Waals surface area contributed by atoms with Crippen molar-refractivity contribution in [2.45, 2.75) is 63.8 Å². The van der Waals surface area contributed by atoms with Crippen LogP contribution in [-0.4, -0.2) is 71.8 Å². The Morgan fingerprint density at radius 3 is 2.47 bits per heavy atom. The average molecular weight is 530 g/mol. The van der Waals surface area contributed by atoms with Gasteiger partial charge in [0.2, 0.25) is 11.8 Å². The Morgan fingerprint density at radius 1 is 1.11 bits per heavy atom. The molecule has 10 nitrogen and oxygen atoms in total. The Kier molecular flexibility index (Phi) is 13.1. The Hall–Kier alpha value is -3.66. The third-order valence-corrected chi connectivity index (χ3v) is 6.18. The van der Waals surface area contributed by atoms with Crippen LogP contribution in [0.2, 0.25) is 0 Å². The van der Waals surface area contributed by atoms with E-state index in [0.717, 1.165) is 12.0 Å². The normalized spacial score (nSPS) is 17.0. The van der Waals surface area contributed by atoms with Crippen molar-refractivity contribution in [1.82, 2.24) is 15.5 Å². The molecular formula is C28H39N3O7. The first-order valence-electron chi connectivity index (χ1n) is 12.8. The SMILES string of the molecule is C=CC[C@@H](CC(=O)N[C@@H](C)CO)C(=O)N1CCC[C@H]1COC(=O)[C@@H](CC=C)NC(=O)OCc1ccccc1. The van der Waals surface area contributed by atoms with Crippen LogP contribution >= 0.6 is 0 Å². The molecule has 1 heterocycles. The zero-order valence-electron chi connectivity index (χ0n) is 22.0. The number of likely N-dealkylation sites (tertiary alicyclic amines) is 1. The van der Waals surface area contributed by atoms with Gasteiger partial charge in [0.05, 0.1) is 18.6 Å². The van der Waals surface area contributed by atoms with E-state index in [1.165, 1.54) is 6.08 Å². The minimum Gasteiger partial charge on any atom is -0.462 e. The number of carbonyl (C=O) groups excluding carboxylic acids is 4. The van der Waals surface area contributed by atoms with E-state index >= 15 is 0 Å². The molecule has 10 heteroatoms. The fraction of sp³-hybridized carbons (Fsp3) is 0.500. The van der Waals surface area contributed by atoms with Gasteiger partial charge in [0.25, 0.3) is 0 Å². The van der Waals surface area contributed by atoms with E-state index in [4.69, 9.17) is 14.6 Å². The first-order chi connectivity index (χ1) is 18.3. The number of rotatable bonds is 15. The summed E-state index contributed by atoms with van der Waals surface area (Å²) in [5.74, 6) is -1.79. The zero-order chi connectivity index (χ0) is 27.9. The lowest BCUT2D eigenvalue weighted by molar-refractivity contribution is -0.150. The topological polar surface area (TPSA) is 134 Å². The van der Waals surface area contributed by atoms with Crippen LogP contribution in [0, 0.1) is 5.92 Å². The quantitative estimate of drug-likeness (QED) is 0.235. The second kappa shape index (κ2) is 16.2. The molecule has 1 saturated heterocycles. The highest BCUT2D eigenvalue weighted by atomic mass is 16.6. The standard InChI is InChI=1S/C28H39N3O7/c1-4-10-22(16-25(33)29-20(3)17-32)26(34)31-15-9-14-23(31)19-37-27(35)24(11-5-2)30-28(36)38-18-21-12-7-6-8-13-21/h4-8,12-13,20,22-24,32H,1-2,9-11,14-19H2,3H3,(H,29,33)(H,30,36)/t20-,22-,23-,24+/m0/s1. The third kappa shape index (κ3) is 10.0. The van der Waals surface area contributed by atoms with E-state index < -0.39 is 30.1 Å². The van der Waals surface area contributed by atoms with Crippen molar-refractivity contribution in [3.05, 3.63) is 61.2 Å². The largest absolute Gasteiger partial charge is 0.462 e. The van der Waals surface area contributed by atoms with Gasteiger partial charge in [0.15, 0.2) is 0 Å². The second-order valence-corrected chi connectivity index (χ2v) is 9.32. The summed E-state index contributed by atoms with van der Waals surface area (Å²) in [6.45, 7) is 9.32. The lowest BCUT2D eigenvalue weighted by atomic mass is 9.98. The number of aliphatic hydroxyl groups is 1. The molecule has 0 saturated carbocycles. The molecule has 208 valence electrons. The highest BCUT2D eigenvalue weighted by molar-refractivity contribution is 5.86. The monoisotopic (exact) mass is 529 g/mol. The highest BCUT2D eigenvalue weighted by Gasteiger charge is 2.35. The molecule has 4 atom stereocenters. The van der Waals surface area contributed by atoms with E-state index in [1.54, 1.807) is 17.9 Å². The predicted octanol–water partition coefficient (Wildman–Crippen LogP) is 2.47. The van der Waals surface area contributed by atoms with Crippen molar-refractivity contribution in [3.63, 3.8) is 0 Å². The van der Waals surface area contributed by atoms with Crippen LogP contribution in [-0.2, 0) is 30.5 Å². The van der Waals surface area contributed by atoms with Gasteiger partial charge in [-0.25, -0.2) is 9.59 Å². The van der Waals surface area contributed by atoms with Gasteiger partial charge in [-0.1, -0.05) is 42.5 Å². The number of benzene rings is 1. The van der Waals surface area contributed by atoms with Crippen molar-refractivity contribution < 1.29 is 33.8 Å². The summed E-state index contributed by atoms with van der Waals surface area (Å²) in [7, 11) is 0. The van der Waals surface area contributed by atoms with Crippen LogP contribution in [0.15, 0.2) is 55.6 Å². The van der Waals surface area contributed by atoms with E-state index in [1.807, 2.05) is 30.3 Å². The molecule has 0 radical (unpaired) electrons. The highest BCUT2D eigenvalue weighted by Crippen LogP contribution is 2.23. The number of nitrogens with one attached hydrogen (secondary N) is 2. The minimum atomic E-state index is -0.980. The van der Waals surface area contributed by atoms with Gasteiger partial charge in [-0.2, -0.15) is 0 Å². The molecule has 3 amide bonds. The van der Waals surface area contributed by atoms with Crippen molar-refractivity contribution in [2.75, 3.05) is 19.8 Å². The van der Waals surface area contributed by atoms with Crippen molar-refractivity contribution >= 4 is 23.9 Å². The Balaban J connectivity index is 1.92. The summed E-state index contributed by atoms with van der Waals surface area (Å²) in [5.41, 5.74) is 0.812. The smallest absolute Gasteiger partial charge is 0.408 e. The number of alkyl carbamates (subject to hydrolysis) is 1. The fourth-order valence-corrected chi connectivity index (χ4v) is 4.18. The molecule has 1 fully saturated rings. The number of nitrogens with zero attached hydrogens (tertiary/aromatic N) is 1. The van der Waals surface area contributed by atoms with Crippen LogP contribution in [0.1, 0.15) is 44.6 Å². The third-order valence-electron chi connectivity index (χ3n) is 6.18. The summed E-state index contributed by atoms with van der Waals surface area (Å²) in [6.07, 6.45) is 4.16. The molecule has 0 bridgehead atoms. The first kappa shape index (κ1) is 30.6. The first-order valence-corrected chi connectivity index (χ1v) is 12.8. The zero-order valence-corrected chi connectivity index (χ0v) is 22.0. The minimum absolute atomic E-state index is 0.0331. The molecule has 3 N–H and O–H groups in total. The van der Waals surface area contributed by atoms with E-state index in [2.05, 4.69) is 23.8 Å². The number of esters is 1. The van der Waals surface area contributed by atoms with Gasteiger partial charge >= 0.3 is 12.1 Å². The van der Waals surface area contributed by atoms with E-state index in [-0.39, 0.29) is 50.5 Å². The molecule has 0 aromatic heterocycles. The number of ether oxygens (including phenoxy) is 2. The summed E-state index contributed by atoms with van der Waals surface area (Å²) in [4.78, 5) is 52.2. The number of hydrogen-bond donors (Lipinski definition) is 3. The molecule has 0 unspecified atom stereocenters. The molecule has 38 heavy (non-hydrogen) atoms. The number of allylic oxidation sites excluding steroid dienone is 1. The van der Waals surface area contributed by atoms with Crippen LogP contribution < -0.4 is 10.6 Å². The molecule has 0 spiro atoms. The van der Waals surface area contributed by atoms with Gasteiger partial charge in [-0.3, -0.25) is 9.59 Å². The lowest BCUT2D eigenvalue weighted by Gasteiger charge is -2.29. The summed E-state index contributed by atoms with van der Waals surface area (Å²) < 4.78 is 10.7. The molecule has 1 aromatic rings. The van der Waals surface area contributed by atoms with Crippen LogP contribution in [0.4, 0.5) is 4.79 Å². The van der Waals surface area contributed by atoms with Crippen molar-refractivity contribution in [1.29, 1.82) is 0 Å². The molecule has 1 aliphatic heterocycles. The van der Waals surface area contributed by atoms with Gasteiger partial charge in [0.1, 0.15) is 19.3 Å². The summed E-state index contributed by atoms with van der Waals surface area (Å²) >= 11 is 0. The number of aliphatic hydroxyl groups excluding tert-OH is 1. The van der Waals surface area contributed by atoms with E-state index in [9.17, 15) is 19.2 Å². The number of carbonyl (C=O) groups is 4. The molecule has 1 aromatic carbocycles. The summed E-state index contributed by atoms with van der Waals surface area (Å²) in [5, 5.41) is 14.3. The Morgan fingerprint density at radius 2 is 1.82 bits per heavy atom. The summed E-state index contributed by atoms with van der Waals surface area (Å²) in [6, 6.07) is 7.43. The van der Waals surface area contributed by atoms with Crippen LogP contribution in [0.25, 0.3) is 0 Å². The van der Waals surface area contributed by atoms with Gasteiger partial charge in [-0.15, -0.1) is 13.2 Å².